The molecule has 0 spiro atoms. The lowest BCUT2D eigenvalue weighted by atomic mass is 10.0. The monoisotopic (exact) mass is 1020 g/mol. The Morgan fingerprint density at radius 1 is 0.730 bits per heavy atom. The number of carbonyl (C=O) groups excluding carboxylic acids is 7. The van der Waals surface area contributed by atoms with Crippen LogP contribution >= 0.6 is 0 Å². The normalized spacial score (nSPS) is 15.9. The van der Waals surface area contributed by atoms with Gasteiger partial charge in [-0.15, -0.1) is 0 Å². The number of ether oxygens (including phenoxy) is 1. The molecule has 0 saturated heterocycles. The second-order valence-corrected chi connectivity index (χ2v) is 20.3. The molecular formula is C56H76FN9O8. The van der Waals surface area contributed by atoms with E-state index in [1.165, 1.54) is 12.1 Å². The van der Waals surface area contributed by atoms with Crippen LogP contribution < -0.4 is 10.6 Å². The van der Waals surface area contributed by atoms with Gasteiger partial charge in [-0.25, -0.2) is 9.18 Å². The zero-order chi connectivity index (χ0) is 53.9. The zero-order valence-corrected chi connectivity index (χ0v) is 44.8. The van der Waals surface area contributed by atoms with Crippen LogP contribution in [0.25, 0.3) is 11.6 Å². The number of fused-ring (bicyclic) bond motifs is 4. The number of aromatic amines is 3. The van der Waals surface area contributed by atoms with Crippen LogP contribution in [0.1, 0.15) is 177 Å². The van der Waals surface area contributed by atoms with E-state index >= 15 is 0 Å². The SMILES string of the molecule is CCCCCN1CCCc2[nH]c(C=O)c(C)c2C1=O.CCN(CCN1CCCc2[nH]c(C=O)c(C)c2C1=O)C(=O)OC(C)(C)C.CCNCCN1CCCc2[nH]c(/C=C3\C(=O)Nc4ccc(F)cc43)c(C)c2C1=O. The van der Waals surface area contributed by atoms with Crippen LogP contribution in [-0.4, -0.2) is 148 Å². The van der Waals surface area contributed by atoms with Crippen molar-refractivity contribution in [3.8, 4) is 0 Å². The first kappa shape index (κ1) is 56.5. The molecule has 4 aliphatic rings. The van der Waals surface area contributed by atoms with Gasteiger partial charge < -0.3 is 49.9 Å². The van der Waals surface area contributed by atoms with E-state index in [1.54, 1.807) is 28.9 Å². The van der Waals surface area contributed by atoms with Crippen molar-refractivity contribution in [2.24, 2.45) is 0 Å². The van der Waals surface area contributed by atoms with Gasteiger partial charge in [-0.1, -0.05) is 26.7 Å². The van der Waals surface area contributed by atoms with Gasteiger partial charge in [-0.2, -0.15) is 0 Å². The van der Waals surface area contributed by atoms with E-state index < -0.39 is 11.4 Å². The van der Waals surface area contributed by atoms with E-state index in [0.29, 0.717) is 77.6 Å². The Labute approximate surface area is 434 Å². The number of aromatic nitrogens is 3. The number of nitrogens with one attached hydrogen (secondary N) is 5. The third kappa shape index (κ3) is 13.3. The van der Waals surface area contributed by atoms with Gasteiger partial charge in [-0.05, 0) is 141 Å². The van der Waals surface area contributed by atoms with Crippen molar-refractivity contribution in [1.29, 1.82) is 0 Å². The molecule has 0 unspecified atom stereocenters. The topological polar surface area (TPSA) is 213 Å². The van der Waals surface area contributed by atoms with Crippen LogP contribution in [-0.2, 0) is 28.8 Å². The molecule has 0 atom stereocenters. The predicted molar refractivity (Wildman–Crippen MR) is 284 cm³/mol. The smallest absolute Gasteiger partial charge is 0.410 e. The fraction of sp³-hybridized carbons (Fsp3) is 0.518. The summed E-state index contributed by atoms with van der Waals surface area (Å²) >= 11 is 0. The largest absolute Gasteiger partial charge is 0.444 e. The fourth-order valence-corrected chi connectivity index (χ4v) is 9.95. The first-order chi connectivity index (χ1) is 35.3. The third-order valence-corrected chi connectivity index (χ3v) is 14.0. The number of H-pyrrole nitrogens is 3. The van der Waals surface area contributed by atoms with E-state index in [-0.39, 0.29) is 29.7 Å². The van der Waals surface area contributed by atoms with E-state index in [2.05, 4.69) is 32.5 Å². The second kappa shape index (κ2) is 25.4. The molecule has 8 rings (SSSR count). The molecule has 4 aromatic rings. The first-order valence-corrected chi connectivity index (χ1v) is 26.3. The first-order valence-electron chi connectivity index (χ1n) is 26.3. The summed E-state index contributed by atoms with van der Waals surface area (Å²) in [6, 6.07) is 4.24. The lowest BCUT2D eigenvalue weighted by molar-refractivity contribution is -0.110. The molecule has 0 radical (unpaired) electrons. The Bertz CT molecular complexity index is 2740. The molecule has 0 fully saturated rings. The van der Waals surface area contributed by atoms with Crippen molar-refractivity contribution in [2.75, 3.05) is 70.8 Å². The van der Waals surface area contributed by atoms with Crippen LogP contribution in [0.3, 0.4) is 0 Å². The number of nitrogens with zero attached hydrogens (tertiary/aromatic N) is 4. The van der Waals surface area contributed by atoms with Crippen molar-refractivity contribution in [2.45, 2.75) is 126 Å². The molecule has 0 aliphatic carbocycles. The van der Waals surface area contributed by atoms with Crippen LogP contribution in [0.2, 0.25) is 0 Å². The summed E-state index contributed by atoms with van der Waals surface area (Å²) < 4.78 is 19.1. The highest BCUT2D eigenvalue weighted by Gasteiger charge is 2.32. The average Bonchev–Trinajstić information content (AvgIpc) is 3.96. The van der Waals surface area contributed by atoms with Gasteiger partial charge in [-0.3, -0.25) is 28.8 Å². The Morgan fingerprint density at radius 3 is 1.72 bits per heavy atom. The molecule has 74 heavy (non-hydrogen) atoms. The molecule has 18 heteroatoms. The number of rotatable bonds is 15. The van der Waals surface area contributed by atoms with Crippen LogP contribution in [0, 0.1) is 26.6 Å². The van der Waals surface area contributed by atoms with E-state index in [9.17, 15) is 38.0 Å². The van der Waals surface area contributed by atoms with Crippen molar-refractivity contribution in [3.05, 3.63) is 97.1 Å². The average molecular weight is 1020 g/mol. The number of hydrogen-bond donors (Lipinski definition) is 5. The van der Waals surface area contributed by atoms with E-state index in [1.807, 2.05) is 58.3 Å². The quantitative estimate of drug-likeness (QED) is 0.0439. The number of hydrogen-bond acceptors (Lipinski definition) is 9. The van der Waals surface area contributed by atoms with Gasteiger partial charge in [0.25, 0.3) is 23.6 Å². The molecule has 17 nitrogen and oxygen atoms in total. The number of carbonyl (C=O) groups is 7. The summed E-state index contributed by atoms with van der Waals surface area (Å²) in [6.07, 6.45) is 11.3. The highest BCUT2D eigenvalue weighted by Crippen LogP contribution is 2.35. The van der Waals surface area contributed by atoms with Crippen LogP contribution in [0.4, 0.5) is 14.9 Å². The predicted octanol–water partition coefficient (Wildman–Crippen LogP) is 8.45. The standard InChI is InChI=1S/C22H25FN4O2.C19H29N3O4.C15H22N2O2/c1-3-24-8-10-27-9-4-5-18-20(22(27)29)13(2)19(25-18)12-16-15-11-14(23)6-7-17(15)26-21(16)28;1-6-21(18(25)26-19(3,4)5)10-11-22-9-7-8-14-16(17(22)24)13(2)15(12-23)20-14;1-3-4-5-8-17-9-6-7-12-14(15(17)19)11(2)13(10-18)16-12/h6-7,11-12,24-25H,3-5,8-10H2,1-2H3,(H,26,28);12,20H,6-11H2,1-5H3;10,16H,3-9H2,1-2H3/b16-12-;;. The minimum atomic E-state index is -0.550. The maximum atomic E-state index is 13.7. The van der Waals surface area contributed by atoms with E-state index in [0.717, 1.165) is 143 Å². The highest BCUT2D eigenvalue weighted by molar-refractivity contribution is 6.35. The Kier molecular flexibility index (Phi) is 19.4. The number of likely N-dealkylation sites (N-methyl/N-ethyl adjacent to an activating group) is 2. The van der Waals surface area contributed by atoms with Crippen LogP contribution in [0.15, 0.2) is 18.2 Å². The van der Waals surface area contributed by atoms with Crippen molar-refractivity contribution in [1.82, 2.24) is 39.9 Å². The molecule has 0 saturated carbocycles. The van der Waals surface area contributed by atoms with Gasteiger partial charge in [0, 0.05) is 92.9 Å². The number of unbranched alkanes of at least 4 members (excludes halogenated alkanes) is 2. The minimum absolute atomic E-state index is 0.0242. The molecule has 5 N–H and O–H groups in total. The summed E-state index contributed by atoms with van der Waals surface area (Å²) in [5.74, 6) is -0.633. The number of anilines is 1. The molecule has 3 aromatic heterocycles. The maximum Gasteiger partial charge on any atom is 0.410 e. The van der Waals surface area contributed by atoms with Crippen LogP contribution in [0.5, 0.6) is 0 Å². The molecule has 7 heterocycles. The number of halogens is 1. The third-order valence-electron chi connectivity index (χ3n) is 14.0. The van der Waals surface area contributed by atoms with Crippen molar-refractivity contribution < 1.29 is 42.7 Å². The molecule has 5 amide bonds. The number of benzene rings is 1. The molecular weight excluding hydrogens is 946 g/mol. The summed E-state index contributed by atoms with van der Waals surface area (Å²) in [5, 5.41) is 6.02. The van der Waals surface area contributed by atoms with Crippen molar-refractivity contribution >= 4 is 59.6 Å². The summed E-state index contributed by atoms with van der Waals surface area (Å²) in [6.45, 7) is 23.8. The maximum absolute atomic E-state index is 13.7. The number of aldehydes is 2. The Morgan fingerprint density at radius 2 is 1.23 bits per heavy atom. The van der Waals surface area contributed by atoms with Crippen molar-refractivity contribution in [3.63, 3.8) is 0 Å². The van der Waals surface area contributed by atoms with E-state index in [4.69, 9.17) is 4.74 Å². The zero-order valence-electron chi connectivity index (χ0n) is 44.8. The highest BCUT2D eigenvalue weighted by atomic mass is 19.1. The Hall–Kier alpha value is -6.82. The summed E-state index contributed by atoms with van der Waals surface area (Å²) in [4.78, 5) is 102. The van der Waals surface area contributed by atoms with Gasteiger partial charge in [0.15, 0.2) is 12.6 Å². The molecule has 1 aromatic carbocycles. The fourth-order valence-electron chi connectivity index (χ4n) is 9.95. The number of amides is 5. The lowest BCUT2D eigenvalue weighted by Gasteiger charge is -2.29. The van der Waals surface area contributed by atoms with Gasteiger partial charge in [0.1, 0.15) is 11.4 Å². The lowest BCUT2D eigenvalue weighted by Crippen LogP contribution is -2.43. The summed E-state index contributed by atoms with van der Waals surface area (Å²) in [5.41, 5.74) is 9.75. The second-order valence-electron chi connectivity index (χ2n) is 20.3. The van der Waals surface area contributed by atoms with Gasteiger partial charge in [0.2, 0.25) is 0 Å². The van der Waals surface area contributed by atoms with Gasteiger partial charge in [0.05, 0.1) is 33.7 Å². The van der Waals surface area contributed by atoms with Gasteiger partial charge >= 0.3 is 6.09 Å². The number of aryl methyl sites for hydroxylation is 3. The molecule has 4 aliphatic heterocycles. The Balaban J connectivity index is 0.000000185. The minimum Gasteiger partial charge on any atom is -0.444 e. The molecule has 0 bridgehead atoms. The molecule has 400 valence electrons. The summed E-state index contributed by atoms with van der Waals surface area (Å²) in [7, 11) is 0.